The molecule has 1 N–H and O–H groups in total. The summed E-state index contributed by atoms with van der Waals surface area (Å²) >= 11 is 9.95. The second-order valence-electron chi connectivity index (χ2n) is 3.59. The Labute approximate surface area is 131 Å². The summed E-state index contributed by atoms with van der Waals surface area (Å²) in [5.41, 5.74) is -0.126. The van der Waals surface area contributed by atoms with Gasteiger partial charge in [-0.25, -0.2) is 8.42 Å². The van der Waals surface area contributed by atoms with Gasteiger partial charge in [0.05, 0.1) is 14.4 Å². The third-order valence-corrected chi connectivity index (χ3v) is 6.01. The van der Waals surface area contributed by atoms with E-state index in [0.717, 1.165) is 17.4 Å². The number of nitro benzene ring substituents is 1. The minimum atomic E-state index is -3.73. The Hall–Kier alpha value is -1.16. The Morgan fingerprint density at radius 1 is 1.30 bits per heavy atom. The van der Waals surface area contributed by atoms with Gasteiger partial charge in [-0.05, 0) is 40.2 Å². The van der Waals surface area contributed by atoms with E-state index in [1.54, 1.807) is 6.07 Å². The third-order valence-electron chi connectivity index (χ3n) is 2.21. The predicted octanol–water partition coefficient (Wildman–Crippen LogP) is 3.87. The van der Waals surface area contributed by atoms with Crippen molar-refractivity contribution in [2.24, 2.45) is 0 Å². The van der Waals surface area contributed by atoms with Gasteiger partial charge in [0, 0.05) is 6.07 Å². The van der Waals surface area contributed by atoms with Crippen molar-refractivity contribution in [2.75, 3.05) is 4.72 Å². The number of benzene rings is 1. The van der Waals surface area contributed by atoms with Gasteiger partial charge >= 0.3 is 0 Å². The molecule has 0 saturated carbocycles. The number of anilines is 1. The van der Waals surface area contributed by atoms with E-state index in [1.165, 1.54) is 18.2 Å². The summed E-state index contributed by atoms with van der Waals surface area (Å²) in [6, 6.07) is 6.68. The summed E-state index contributed by atoms with van der Waals surface area (Å²) in [4.78, 5) is 9.98. The molecule has 0 atom stereocenters. The Morgan fingerprint density at radius 2 is 2.00 bits per heavy atom. The van der Waals surface area contributed by atoms with Crippen molar-refractivity contribution in [2.45, 2.75) is 4.21 Å². The van der Waals surface area contributed by atoms with E-state index in [4.69, 9.17) is 11.6 Å². The number of nitrogens with one attached hydrogen (secondary N) is 1. The molecule has 20 heavy (non-hydrogen) atoms. The van der Waals surface area contributed by atoms with Gasteiger partial charge in [0.1, 0.15) is 9.23 Å². The van der Waals surface area contributed by atoms with Gasteiger partial charge in [0.25, 0.3) is 15.7 Å². The highest BCUT2D eigenvalue weighted by atomic mass is 79.9. The quantitative estimate of drug-likeness (QED) is 0.626. The molecule has 0 spiro atoms. The fraction of sp³-hybridized carbons (Fsp3) is 0. The molecule has 1 heterocycles. The number of sulfonamides is 1. The lowest BCUT2D eigenvalue weighted by molar-refractivity contribution is -0.384. The lowest BCUT2D eigenvalue weighted by Crippen LogP contribution is -2.11. The van der Waals surface area contributed by atoms with Crippen LogP contribution in [-0.2, 0) is 10.0 Å². The van der Waals surface area contributed by atoms with Crippen LogP contribution >= 0.6 is 38.9 Å². The van der Waals surface area contributed by atoms with Crippen LogP contribution in [0, 0.1) is 10.1 Å². The average molecular weight is 398 g/mol. The summed E-state index contributed by atoms with van der Waals surface area (Å²) < 4.78 is 27.2. The molecule has 0 aliphatic heterocycles. The van der Waals surface area contributed by atoms with Crippen LogP contribution in [0.2, 0.25) is 5.02 Å². The van der Waals surface area contributed by atoms with Gasteiger partial charge in [-0.15, -0.1) is 11.3 Å². The SMILES string of the molecule is O=[N+]([O-])c1ccc(NS(=O)(=O)c2ccc(Br)s2)cc1Cl. The van der Waals surface area contributed by atoms with Gasteiger partial charge in [-0.3, -0.25) is 14.8 Å². The maximum atomic E-state index is 12.0. The largest absolute Gasteiger partial charge is 0.288 e. The van der Waals surface area contributed by atoms with Gasteiger partial charge in [0.15, 0.2) is 0 Å². The smallest absolute Gasteiger partial charge is 0.279 e. The van der Waals surface area contributed by atoms with Gasteiger partial charge in [0.2, 0.25) is 0 Å². The molecule has 0 amide bonds. The van der Waals surface area contributed by atoms with Crippen LogP contribution in [0.15, 0.2) is 38.3 Å². The summed E-state index contributed by atoms with van der Waals surface area (Å²) in [6.45, 7) is 0. The first kappa shape index (κ1) is 15.2. The molecule has 10 heteroatoms. The van der Waals surface area contributed by atoms with Crippen molar-refractivity contribution in [1.29, 1.82) is 0 Å². The average Bonchev–Trinajstić information content (AvgIpc) is 2.75. The predicted molar refractivity (Wildman–Crippen MR) is 80.9 cm³/mol. The van der Waals surface area contributed by atoms with Crippen molar-refractivity contribution < 1.29 is 13.3 Å². The first-order valence-corrected chi connectivity index (χ1v) is 8.49. The van der Waals surface area contributed by atoms with Gasteiger partial charge < -0.3 is 0 Å². The monoisotopic (exact) mass is 396 g/mol. The number of hydrogen-bond donors (Lipinski definition) is 1. The van der Waals surface area contributed by atoms with E-state index < -0.39 is 14.9 Å². The van der Waals surface area contributed by atoms with Crippen LogP contribution in [0.25, 0.3) is 0 Å². The van der Waals surface area contributed by atoms with Crippen LogP contribution in [0.4, 0.5) is 11.4 Å². The molecule has 0 aliphatic carbocycles. The molecule has 0 saturated heterocycles. The number of hydrogen-bond acceptors (Lipinski definition) is 5. The zero-order valence-corrected chi connectivity index (χ0v) is 13.5. The fourth-order valence-electron chi connectivity index (χ4n) is 1.37. The number of nitrogens with zero attached hydrogens (tertiary/aromatic N) is 1. The van der Waals surface area contributed by atoms with Crippen LogP contribution in [0.3, 0.4) is 0 Å². The molecular weight excluding hydrogens is 392 g/mol. The molecule has 0 bridgehead atoms. The summed E-state index contributed by atoms with van der Waals surface area (Å²) in [7, 11) is -3.73. The number of rotatable bonds is 4. The van der Waals surface area contributed by atoms with Gasteiger partial charge in [-0.1, -0.05) is 11.6 Å². The highest BCUT2D eigenvalue weighted by Crippen LogP contribution is 2.30. The van der Waals surface area contributed by atoms with E-state index >= 15 is 0 Å². The van der Waals surface area contributed by atoms with Crippen molar-refractivity contribution in [1.82, 2.24) is 0 Å². The number of halogens is 2. The summed E-state index contributed by atoms with van der Waals surface area (Å²) in [6.07, 6.45) is 0. The standard InChI is InChI=1S/C10H6BrClN2O4S2/c11-9-3-4-10(19-9)20(17,18)13-6-1-2-8(14(15)16)7(12)5-6/h1-5,13H. The molecule has 0 unspecified atom stereocenters. The van der Waals surface area contributed by atoms with E-state index in [2.05, 4.69) is 20.7 Å². The van der Waals surface area contributed by atoms with Crippen LogP contribution in [0.5, 0.6) is 0 Å². The number of thiophene rings is 1. The summed E-state index contributed by atoms with van der Waals surface area (Å²) in [5.74, 6) is 0. The first-order chi connectivity index (χ1) is 9.29. The van der Waals surface area contributed by atoms with E-state index in [0.29, 0.717) is 3.79 Å². The van der Waals surface area contributed by atoms with Crippen molar-refractivity contribution >= 4 is 60.3 Å². The van der Waals surface area contributed by atoms with E-state index in [9.17, 15) is 18.5 Å². The Balaban J connectivity index is 2.30. The molecule has 1 aromatic heterocycles. The Kier molecular flexibility index (Phi) is 4.33. The topological polar surface area (TPSA) is 89.3 Å². The maximum Gasteiger partial charge on any atom is 0.288 e. The normalized spacial score (nSPS) is 11.3. The molecule has 2 rings (SSSR count). The summed E-state index contributed by atoms with van der Waals surface area (Å²) in [5, 5.41) is 10.5. The fourth-order valence-corrected chi connectivity index (χ4v) is 4.67. The molecule has 6 nitrogen and oxygen atoms in total. The molecule has 106 valence electrons. The molecule has 0 fully saturated rings. The zero-order valence-electron chi connectivity index (χ0n) is 9.54. The van der Waals surface area contributed by atoms with E-state index in [-0.39, 0.29) is 20.6 Å². The second-order valence-corrected chi connectivity index (χ2v) is 8.37. The zero-order chi connectivity index (χ0) is 14.9. The van der Waals surface area contributed by atoms with E-state index in [1.807, 2.05) is 0 Å². The lowest BCUT2D eigenvalue weighted by Gasteiger charge is -2.06. The maximum absolute atomic E-state index is 12.0. The van der Waals surface area contributed by atoms with Crippen molar-refractivity contribution in [3.8, 4) is 0 Å². The van der Waals surface area contributed by atoms with Gasteiger partial charge in [-0.2, -0.15) is 0 Å². The first-order valence-electron chi connectivity index (χ1n) is 5.02. The highest BCUT2D eigenvalue weighted by molar-refractivity contribution is 9.11. The Bertz CT molecular complexity index is 775. The Morgan fingerprint density at radius 3 is 2.50 bits per heavy atom. The molecule has 0 aliphatic rings. The molecule has 2 aromatic rings. The second kappa shape index (κ2) is 5.68. The van der Waals surface area contributed by atoms with Crippen molar-refractivity contribution in [3.05, 3.63) is 49.3 Å². The van der Waals surface area contributed by atoms with Crippen LogP contribution < -0.4 is 4.72 Å². The minimum Gasteiger partial charge on any atom is -0.279 e. The van der Waals surface area contributed by atoms with Crippen LogP contribution in [-0.4, -0.2) is 13.3 Å². The van der Waals surface area contributed by atoms with Crippen molar-refractivity contribution in [3.63, 3.8) is 0 Å². The minimum absolute atomic E-state index is 0.124. The molecule has 1 aromatic carbocycles. The lowest BCUT2D eigenvalue weighted by atomic mass is 10.3. The molecular formula is C10H6BrClN2O4S2. The van der Waals surface area contributed by atoms with Crippen LogP contribution in [0.1, 0.15) is 0 Å². The third kappa shape index (κ3) is 3.29. The number of nitro groups is 1. The molecule has 0 radical (unpaired) electrons. The highest BCUT2D eigenvalue weighted by Gasteiger charge is 2.18.